The lowest BCUT2D eigenvalue weighted by molar-refractivity contribution is 0.979. The van der Waals surface area contributed by atoms with E-state index in [1.54, 1.807) is 0 Å². The molecule has 0 saturated carbocycles. The van der Waals surface area contributed by atoms with Crippen molar-refractivity contribution in [1.29, 1.82) is 10.5 Å². The molecule has 0 spiro atoms. The van der Waals surface area contributed by atoms with Gasteiger partial charge in [0.2, 0.25) is 0 Å². The predicted octanol–water partition coefficient (Wildman–Crippen LogP) is 3.10. The summed E-state index contributed by atoms with van der Waals surface area (Å²) in [5.41, 5.74) is 4.57. The molecule has 28 heavy (non-hydrogen) atoms. The van der Waals surface area contributed by atoms with Crippen LogP contribution in [0.25, 0.3) is 17.3 Å². The average molecular weight is 385 g/mol. The molecule has 2 aromatic carbocycles. The molecule has 1 aromatic heterocycles. The minimum atomic E-state index is -0.225. The largest absolute Gasteiger partial charge is 0.273 e. The van der Waals surface area contributed by atoms with Crippen LogP contribution in [0.2, 0.25) is 0 Å². The van der Waals surface area contributed by atoms with Gasteiger partial charge in [0.1, 0.15) is 16.8 Å². The molecule has 0 N–H and O–H groups in total. The molecule has 0 saturated heterocycles. The zero-order chi connectivity index (χ0) is 20.3. The summed E-state index contributed by atoms with van der Waals surface area (Å²) in [5.74, 6) is 0. The molecule has 5 heteroatoms. The fourth-order valence-electron chi connectivity index (χ4n) is 2.98. The SMILES string of the molecule is CCc1cccc(-n2c(=C(C#N)C#N)s/c(=C/c3cc(C)ccc3C)c2=O)c1. The quantitative estimate of drug-likeness (QED) is 0.696. The summed E-state index contributed by atoms with van der Waals surface area (Å²) < 4.78 is 2.33. The van der Waals surface area contributed by atoms with Crippen LogP contribution < -0.4 is 14.8 Å². The molecule has 0 bridgehead atoms. The van der Waals surface area contributed by atoms with Crippen LogP contribution in [0.4, 0.5) is 0 Å². The van der Waals surface area contributed by atoms with Crippen molar-refractivity contribution in [3.63, 3.8) is 0 Å². The van der Waals surface area contributed by atoms with Gasteiger partial charge in [-0.1, -0.05) is 42.8 Å². The van der Waals surface area contributed by atoms with Crippen molar-refractivity contribution in [3.8, 4) is 17.8 Å². The Hall–Kier alpha value is -3.41. The van der Waals surface area contributed by atoms with E-state index in [0.717, 1.165) is 28.7 Å². The average Bonchev–Trinajstić information content (AvgIpc) is 3.02. The van der Waals surface area contributed by atoms with Gasteiger partial charge in [-0.05, 0) is 55.2 Å². The number of aryl methyl sites for hydroxylation is 3. The molecule has 0 radical (unpaired) electrons. The van der Waals surface area contributed by atoms with E-state index in [4.69, 9.17) is 0 Å². The second-order valence-electron chi connectivity index (χ2n) is 6.54. The Bertz CT molecular complexity index is 1300. The molecule has 0 atom stereocenters. The third-order valence-corrected chi connectivity index (χ3v) is 5.65. The fourth-order valence-corrected chi connectivity index (χ4v) is 4.02. The number of aromatic nitrogens is 1. The number of hydrogen-bond donors (Lipinski definition) is 0. The molecule has 0 amide bonds. The van der Waals surface area contributed by atoms with Crippen LogP contribution >= 0.6 is 11.3 Å². The van der Waals surface area contributed by atoms with Gasteiger partial charge in [-0.2, -0.15) is 10.5 Å². The van der Waals surface area contributed by atoms with Gasteiger partial charge in [0.15, 0.2) is 5.57 Å². The molecular formula is C23H19N3OS. The molecule has 4 nitrogen and oxygen atoms in total. The van der Waals surface area contributed by atoms with Gasteiger partial charge in [0, 0.05) is 0 Å². The molecule has 0 aliphatic heterocycles. The Kier molecular flexibility index (Phi) is 5.59. The summed E-state index contributed by atoms with van der Waals surface area (Å²) in [6.45, 7) is 6.03. The van der Waals surface area contributed by atoms with Crippen LogP contribution in [-0.2, 0) is 6.42 Å². The van der Waals surface area contributed by atoms with Crippen molar-refractivity contribution in [3.05, 3.63) is 84.3 Å². The van der Waals surface area contributed by atoms with Gasteiger partial charge in [-0.15, -0.1) is 11.3 Å². The summed E-state index contributed by atoms with van der Waals surface area (Å²) >= 11 is 1.17. The molecule has 0 aliphatic rings. The second-order valence-corrected chi connectivity index (χ2v) is 7.57. The van der Waals surface area contributed by atoms with E-state index in [9.17, 15) is 15.3 Å². The maximum atomic E-state index is 13.2. The van der Waals surface area contributed by atoms with Crippen molar-refractivity contribution in [2.75, 3.05) is 0 Å². The van der Waals surface area contributed by atoms with Crippen LogP contribution in [0.3, 0.4) is 0 Å². The normalized spacial score (nSPS) is 11.1. The molecule has 0 aliphatic carbocycles. The minimum Gasteiger partial charge on any atom is -0.267 e. The van der Waals surface area contributed by atoms with E-state index in [2.05, 4.69) is 0 Å². The Morgan fingerprint density at radius 1 is 1.14 bits per heavy atom. The Morgan fingerprint density at radius 3 is 2.57 bits per heavy atom. The first-order valence-corrected chi connectivity index (χ1v) is 9.74. The zero-order valence-electron chi connectivity index (χ0n) is 16.0. The molecule has 1 heterocycles. The lowest BCUT2D eigenvalue weighted by Crippen LogP contribution is -2.30. The number of benzene rings is 2. The van der Waals surface area contributed by atoms with Crippen LogP contribution in [0.1, 0.15) is 29.2 Å². The first-order chi connectivity index (χ1) is 13.5. The number of nitriles is 2. The van der Waals surface area contributed by atoms with E-state index in [1.807, 2.05) is 81.5 Å². The highest BCUT2D eigenvalue weighted by atomic mass is 32.1. The number of hydrogen-bond acceptors (Lipinski definition) is 4. The Morgan fingerprint density at radius 2 is 1.89 bits per heavy atom. The van der Waals surface area contributed by atoms with Gasteiger partial charge < -0.3 is 0 Å². The standard InChI is InChI=1S/C23H19N3OS/c1-4-17-6-5-7-20(11-17)26-22(27)21(28-23(26)19(13-24)14-25)12-18-10-15(2)8-9-16(18)3/h5-12H,4H2,1-3H3/b21-12+. The van der Waals surface area contributed by atoms with Crippen LogP contribution in [0.5, 0.6) is 0 Å². The Balaban J connectivity index is 2.41. The minimum absolute atomic E-state index is 0.0652. The highest BCUT2D eigenvalue weighted by Crippen LogP contribution is 2.12. The van der Waals surface area contributed by atoms with Crippen molar-refractivity contribution >= 4 is 23.0 Å². The monoisotopic (exact) mass is 385 g/mol. The van der Waals surface area contributed by atoms with Gasteiger partial charge in [-0.3, -0.25) is 9.36 Å². The lowest BCUT2D eigenvalue weighted by atomic mass is 10.1. The van der Waals surface area contributed by atoms with Crippen LogP contribution in [-0.4, -0.2) is 4.57 Å². The van der Waals surface area contributed by atoms with Crippen LogP contribution in [0.15, 0.2) is 47.3 Å². The highest BCUT2D eigenvalue weighted by molar-refractivity contribution is 7.07. The maximum Gasteiger partial charge on any atom is 0.273 e. The van der Waals surface area contributed by atoms with E-state index in [-0.39, 0.29) is 11.1 Å². The van der Waals surface area contributed by atoms with E-state index >= 15 is 0 Å². The molecule has 138 valence electrons. The highest BCUT2D eigenvalue weighted by Gasteiger charge is 2.12. The number of rotatable bonds is 3. The lowest BCUT2D eigenvalue weighted by Gasteiger charge is -2.04. The third-order valence-electron chi connectivity index (χ3n) is 4.56. The third kappa shape index (κ3) is 3.67. The van der Waals surface area contributed by atoms with Gasteiger partial charge >= 0.3 is 0 Å². The summed E-state index contributed by atoms with van der Waals surface area (Å²) in [7, 11) is 0. The van der Waals surface area contributed by atoms with E-state index in [1.165, 1.54) is 15.9 Å². The fraction of sp³-hybridized carbons (Fsp3) is 0.174. The second kappa shape index (κ2) is 8.08. The van der Waals surface area contributed by atoms with E-state index in [0.29, 0.717) is 14.9 Å². The first kappa shape index (κ1) is 19.4. The maximum absolute atomic E-state index is 13.2. The van der Waals surface area contributed by atoms with Crippen molar-refractivity contribution in [2.24, 2.45) is 0 Å². The molecule has 3 aromatic rings. The molecule has 0 unspecified atom stereocenters. The van der Waals surface area contributed by atoms with Crippen LogP contribution in [0, 0.1) is 36.5 Å². The van der Waals surface area contributed by atoms with Crippen molar-refractivity contribution < 1.29 is 0 Å². The van der Waals surface area contributed by atoms with Gasteiger partial charge in [0.25, 0.3) is 5.56 Å². The number of thiazole rings is 1. The van der Waals surface area contributed by atoms with E-state index < -0.39 is 0 Å². The predicted molar refractivity (Wildman–Crippen MR) is 113 cm³/mol. The summed E-state index contributed by atoms with van der Waals surface area (Å²) in [5, 5.41) is 18.8. The molecular weight excluding hydrogens is 366 g/mol. The Labute approximate surface area is 167 Å². The summed E-state index contributed by atoms with van der Waals surface area (Å²) in [6, 6.07) is 17.5. The molecule has 3 rings (SSSR count). The molecule has 0 fully saturated rings. The summed E-state index contributed by atoms with van der Waals surface area (Å²) in [4.78, 5) is 13.2. The summed E-state index contributed by atoms with van der Waals surface area (Å²) in [6.07, 6.45) is 2.67. The van der Waals surface area contributed by atoms with Gasteiger partial charge in [-0.25, -0.2) is 0 Å². The van der Waals surface area contributed by atoms with Crippen molar-refractivity contribution in [1.82, 2.24) is 4.57 Å². The number of nitrogens with zero attached hydrogens (tertiary/aromatic N) is 3. The zero-order valence-corrected chi connectivity index (χ0v) is 16.8. The topological polar surface area (TPSA) is 69.6 Å². The van der Waals surface area contributed by atoms with Crippen molar-refractivity contribution in [2.45, 2.75) is 27.2 Å². The smallest absolute Gasteiger partial charge is 0.267 e. The van der Waals surface area contributed by atoms with Gasteiger partial charge in [0.05, 0.1) is 10.2 Å². The first-order valence-electron chi connectivity index (χ1n) is 8.93.